The van der Waals surface area contributed by atoms with E-state index in [-0.39, 0.29) is 18.4 Å². The van der Waals surface area contributed by atoms with Crippen LogP contribution >= 0.6 is 0 Å². The molecule has 0 spiro atoms. The second-order valence-corrected chi connectivity index (χ2v) is 3.40. The first-order valence-electron chi connectivity index (χ1n) is 4.97. The maximum absolute atomic E-state index is 11.2. The van der Waals surface area contributed by atoms with Crippen LogP contribution in [0.1, 0.15) is 24.9 Å². The lowest BCUT2D eigenvalue weighted by Crippen LogP contribution is -2.25. The van der Waals surface area contributed by atoms with Crippen LogP contribution in [-0.4, -0.2) is 13.0 Å². The first kappa shape index (κ1) is 12.1. The van der Waals surface area contributed by atoms with Crippen LogP contribution in [0.2, 0.25) is 0 Å². The largest absolute Gasteiger partial charge is 0.497 e. The third kappa shape index (κ3) is 3.28. The summed E-state index contributed by atoms with van der Waals surface area (Å²) in [5.41, 5.74) is 0.979. The van der Waals surface area contributed by atoms with Gasteiger partial charge >= 0.3 is 0 Å². The summed E-state index contributed by atoms with van der Waals surface area (Å²) in [5, 5.41) is 11.1. The highest BCUT2D eigenvalue weighted by atomic mass is 16.5. The SMILES string of the molecule is COc1ccc([C@H](C)NC(=O)CC#N)cc1. The molecule has 1 aromatic carbocycles. The van der Waals surface area contributed by atoms with Crippen LogP contribution < -0.4 is 10.1 Å². The van der Waals surface area contributed by atoms with E-state index in [1.54, 1.807) is 7.11 Å². The predicted molar refractivity (Wildman–Crippen MR) is 59.8 cm³/mol. The number of nitrogens with zero attached hydrogens (tertiary/aromatic N) is 1. The van der Waals surface area contributed by atoms with Crippen LogP contribution in [-0.2, 0) is 4.79 Å². The van der Waals surface area contributed by atoms with Gasteiger partial charge in [-0.3, -0.25) is 4.79 Å². The molecule has 0 saturated carbocycles. The number of rotatable bonds is 4. The van der Waals surface area contributed by atoms with Crippen molar-refractivity contribution in [3.05, 3.63) is 29.8 Å². The number of hydrogen-bond donors (Lipinski definition) is 1. The molecule has 16 heavy (non-hydrogen) atoms. The lowest BCUT2D eigenvalue weighted by Gasteiger charge is -2.13. The molecule has 84 valence electrons. The van der Waals surface area contributed by atoms with Gasteiger partial charge < -0.3 is 10.1 Å². The third-order valence-corrected chi connectivity index (χ3v) is 2.23. The molecule has 0 aliphatic rings. The Morgan fingerprint density at radius 1 is 1.50 bits per heavy atom. The predicted octanol–water partition coefficient (Wildman–Crippen LogP) is 1.79. The van der Waals surface area contributed by atoms with Gasteiger partial charge in [-0.2, -0.15) is 5.26 Å². The van der Waals surface area contributed by atoms with Crippen molar-refractivity contribution in [3.8, 4) is 11.8 Å². The zero-order valence-electron chi connectivity index (χ0n) is 9.36. The van der Waals surface area contributed by atoms with Gasteiger partial charge in [-0.15, -0.1) is 0 Å². The van der Waals surface area contributed by atoms with Crippen LogP contribution in [0.15, 0.2) is 24.3 Å². The summed E-state index contributed by atoms with van der Waals surface area (Å²) in [7, 11) is 1.60. The van der Waals surface area contributed by atoms with Gasteiger partial charge in [0.15, 0.2) is 0 Å². The minimum Gasteiger partial charge on any atom is -0.497 e. The molecule has 0 aliphatic carbocycles. The van der Waals surface area contributed by atoms with Crippen molar-refractivity contribution in [2.24, 2.45) is 0 Å². The maximum Gasteiger partial charge on any atom is 0.234 e. The van der Waals surface area contributed by atoms with E-state index in [1.807, 2.05) is 37.3 Å². The van der Waals surface area contributed by atoms with E-state index in [0.717, 1.165) is 11.3 Å². The van der Waals surface area contributed by atoms with Crippen LogP contribution in [0.25, 0.3) is 0 Å². The van der Waals surface area contributed by atoms with E-state index < -0.39 is 0 Å². The van der Waals surface area contributed by atoms with E-state index in [4.69, 9.17) is 10.00 Å². The molecule has 1 aromatic rings. The molecule has 0 aliphatic heterocycles. The first-order chi connectivity index (χ1) is 7.67. The fourth-order valence-electron chi connectivity index (χ4n) is 1.34. The van der Waals surface area contributed by atoms with Gasteiger partial charge in [0.05, 0.1) is 19.2 Å². The number of benzene rings is 1. The van der Waals surface area contributed by atoms with Gasteiger partial charge in [0, 0.05) is 0 Å². The quantitative estimate of drug-likeness (QED) is 0.838. The van der Waals surface area contributed by atoms with E-state index in [2.05, 4.69) is 5.32 Å². The van der Waals surface area contributed by atoms with Crippen molar-refractivity contribution in [1.29, 1.82) is 5.26 Å². The standard InChI is InChI=1S/C12H14N2O2/c1-9(14-12(15)7-8-13)10-3-5-11(16-2)6-4-10/h3-6,9H,7H2,1-2H3,(H,14,15)/t9-/m0/s1. The molecule has 1 rings (SSSR count). The van der Waals surface area contributed by atoms with E-state index in [0.29, 0.717) is 0 Å². The Kier molecular flexibility index (Phi) is 4.34. The molecule has 0 bridgehead atoms. The minimum atomic E-state index is -0.259. The summed E-state index contributed by atoms with van der Waals surface area (Å²) in [6, 6.07) is 9.15. The van der Waals surface area contributed by atoms with Crippen LogP contribution in [0, 0.1) is 11.3 Å². The summed E-state index contributed by atoms with van der Waals surface area (Å²) in [4.78, 5) is 11.2. The average Bonchev–Trinajstić information content (AvgIpc) is 2.29. The van der Waals surface area contributed by atoms with Crippen molar-refractivity contribution >= 4 is 5.91 Å². The summed E-state index contributed by atoms with van der Waals surface area (Å²) in [6.07, 6.45) is -0.111. The topological polar surface area (TPSA) is 62.1 Å². The Bertz CT molecular complexity index is 392. The average molecular weight is 218 g/mol. The molecule has 4 nitrogen and oxygen atoms in total. The molecule has 0 saturated heterocycles. The summed E-state index contributed by atoms with van der Waals surface area (Å²) in [5.74, 6) is 0.519. The highest BCUT2D eigenvalue weighted by molar-refractivity contribution is 5.78. The van der Waals surface area contributed by atoms with Crippen molar-refractivity contribution in [2.75, 3.05) is 7.11 Å². The van der Waals surface area contributed by atoms with Crippen molar-refractivity contribution in [2.45, 2.75) is 19.4 Å². The molecule has 0 heterocycles. The van der Waals surface area contributed by atoms with Gasteiger partial charge in [-0.1, -0.05) is 12.1 Å². The van der Waals surface area contributed by atoms with E-state index in [9.17, 15) is 4.79 Å². The molecule has 0 fully saturated rings. The van der Waals surface area contributed by atoms with Gasteiger partial charge in [0.2, 0.25) is 5.91 Å². The maximum atomic E-state index is 11.2. The second kappa shape index (κ2) is 5.76. The smallest absolute Gasteiger partial charge is 0.234 e. The molecule has 1 amide bonds. The zero-order valence-corrected chi connectivity index (χ0v) is 9.36. The lowest BCUT2D eigenvalue weighted by molar-refractivity contribution is -0.120. The molecule has 4 heteroatoms. The normalized spacial score (nSPS) is 11.3. The molecular weight excluding hydrogens is 204 g/mol. The van der Waals surface area contributed by atoms with Gasteiger partial charge in [0.1, 0.15) is 12.2 Å². The molecule has 1 N–H and O–H groups in total. The monoisotopic (exact) mass is 218 g/mol. The highest BCUT2D eigenvalue weighted by Gasteiger charge is 2.08. The number of carbonyl (C=O) groups excluding carboxylic acids is 1. The molecule has 1 atom stereocenters. The van der Waals surface area contributed by atoms with E-state index >= 15 is 0 Å². The summed E-state index contributed by atoms with van der Waals surface area (Å²) in [6.45, 7) is 1.87. The third-order valence-electron chi connectivity index (χ3n) is 2.23. The summed E-state index contributed by atoms with van der Waals surface area (Å²) < 4.78 is 5.04. The summed E-state index contributed by atoms with van der Waals surface area (Å²) >= 11 is 0. The number of carbonyl (C=O) groups is 1. The molecule has 0 radical (unpaired) electrons. The molecular formula is C12H14N2O2. The number of ether oxygens (including phenoxy) is 1. The van der Waals surface area contributed by atoms with Crippen molar-refractivity contribution < 1.29 is 9.53 Å². The van der Waals surface area contributed by atoms with Crippen LogP contribution in [0.3, 0.4) is 0 Å². The fourth-order valence-corrected chi connectivity index (χ4v) is 1.34. The number of methoxy groups -OCH3 is 1. The Labute approximate surface area is 94.8 Å². The van der Waals surface area contributed by atoms with Gasteiger partial charge in [0.25, 0.3) is 0 Å². The Hall–Kier alpha value is -2.02. The first-order valence-corrected chi connectivity index (χ1v) is 4.97. The Balaban J connectivity index is 2.62. The van der Waals surface area contributed by atoms with Crippen molar-refractivity contribution in [1.82, 2.24) is 5.32 Å². The van der Waals surface area contributed by atoms with Crippen molar-refractivity contribution in [3.63, 3.8) is 0 Å². The minimum absolute atomic E-state index is 0.105. The van der Waals surface area contributed by atoms with Crippen LogP contribution in [0.4, 0.5) is 0 Å². The molecule has 0 unspecified atom stereocenters. The number of nitriles is 1. The lowest BCUT2D eigenvalue weighted by atomic mass is 10.1. The van der Waals surface area contributed by atoms with Crippen LogP contribution in [0.5, 0.6) is 5.75 Å². The van der Waals surface area contributed by atoms with E-state index in [1.165, 1.54) is 0 Å². The Morgan fingerprint density at radius 2 is 2.12 bits per heavy atom. The van der Waals surface area contributed by atoms with Gasteiger partial charge in [-0.05, 0) is 24.6 Å². The fraction of sp³-hybridized carbons (Fsp3) is 0.333. The number of nitrogens with one attached hydrogen (secondary N) is 1. The number of hydrogen-bond acceptors (Lipinski definition) is 3. The second-order valence-electron chi connectivity index (χ2n) is 3.40. The zero-order chi connectivity index (χ0) is 12.0. The highest BCUT2D eigenvalue weighted by Crippen LogP contribution is 2.17. The Morgan fingerprint density at radius 3 is 2.62 bits per heavy atom. The number of amides is 1. The molecule has 0 aromatic heterocycles. The van der Waals surface area contributed by atoms with Gasteiger partial charge in [-0.25, -0.2) is 0 Å².